The zero-order valence-electron chi connectivity index (χ0n) is 13.6. The molecule has 3 heterocycles. The highest BCUT2D eigenvalue weighted by atomic mass is 32.2. The lowest BCUT2D eigenvalue weighted by molar-refractivity contribution is -0.113. The number of carbonyl (C=O) groups excluding carboxylic acids is 1. The number of hydrogen-bond acceptors (Lipinski definition) is 6. The van der Waals surface area contributed by atoms with Gasteiger partial charge in [0.25, 0.3) is 5.56 Å². The predicted molar refractivity (Wildman–Crippen MR) is 106 cm³/mol. The molecular weight excluding hydrogens is 368 g/mol. The summed E-state index contributed by atoms with van der Waals surface area (Å²) >= 11 is 2.84. The summed E-state index contributed by atoms with van der Waals surface area (Å²) in [5.41, 5.74) is 2.05. The number of hydrogen-bond donors (Lipinski definition) is 1. The van der Waals surface area contributed by atoms with E-state index in [0.717, 1.165) is 10.9 Å². The van der Waals surface area contributed by atoms with Crippen LogP contribution in [0, 0.1) is 0 Å². The summed E-state index contributed by atoms with van der Waals surface area (Å²) in [5, 5.41) is 5.71. The normalized spacial score (nSPS) is 11.1. The fourth-order valence-corrected chi connectivity index (χ4v) is 4.06. The van der Waals surface area contributed by atoms with Gasteiger partial charge in [0.2, 0.25) is 5.91 Å². The van der Waals surface area contributed by atoms with E-state index in [1.165, 1.54) is 33.6 Å². The Bertz CT molecular complexity index is 1150. The minimum absolute atomic E-state index is 0.0990. The number of para-hydroxylation sites is 1. The first-order valence-electron chi connectivity index (χ1n) is 7.88. The van der Waals surface area contributed by atoms with Gasteiger partial charge in [-0.05, 0) is 12.1 Å². The largest absolute Gasteiger partial charge is 0.323 e. The highest BCUT2D eigenvalue weighted by Crippen LogP contribution is 2.21. The average Bonchev–Trinajstić information content (AvgIpc) is 3.11. The number of amides is 1. The van der Waals surface area contributed by atoms with Crippen molar-refractivity contribution in [1.29, 1.82) is 0 Å². The Hall–Kier alpha value is -2.71. The summed E-state index contributed by atoms with van der Waals surface area (Å²) < 4.78 is 1.51. The van der Waals surface area contributed by atoms with Crippen molar-refractivity contribution in [3.05, 3.63) is 70.2 Å². The van der Waals surface area contributed by atoms with Gasteiger partial charge in [-0.3, -0.25) is 19.0 Å². The van der Waals surface area contributed by atoms with E-state index >= 15 is 0 Å². The summed E-state index contributed by atoms with van der Waals surface area (Å²) in [4.78, 5) is 33.6. The van der Waals surface area contributed by atoms with Crippen molar-refractivity contribution in [1.82, 2.24) is 14.4 Å². The fraction of sp³-hybridized carbons (Fsp3) is 0.111. The van der Waals surface area contributed by atoms with E-state index in [1.54, 1.807) is 12.4 Å². The van der Waals surface area contributed by atoms with Crippen molar-refractivity contribution in [3.8, 4) is 0 Å². The van der Waals surface area contributed by atoms with Crippen LogP contribution in [-0.2, 0) is 10.5 Å². The molecule has 4 aromatic rings. The summed E-state index contributed by atoms with van der Waals surface area (Å²) in [6, 6.07) is 11.0. The number of rotatable bonds is 5. The molecule has 1 aromatic carbocycles. The van der Waals surface area contributed by atoms with Crippen LogP contribution >= 0.6 is 23.1 Å². The van der Waals surface area contributed by atoms with Crippen molar-refractivity contribution in [2.45, 2.75) is 5.75 Å². The lowest BCUT2D eigenvalue weighted by atomic mass is 10.2. The molecule has 0 spiro atoms. The quantitative estimate of drug-likeness (QED) is 0.574. The Balaban J connectivity index is 1.40. The zero-order chi connectivity index (χ0) is 17.9. The molecule has 0 aliphatic heterocycles. The van der Waals surface area contributed by atoms with Crippen molar-refractivity contribution >= 4 is 50.6 Å². The lowest BCUT2D eigenvalue weighted by Gasteiger charge is -2.07. The maximum Gasteiger partial charge on any atom is 0.258 e. The molecule has 8 heteroatoms. The number of fused-ring (bicyclic) bond motifs is 2. The van der Waals surface area contributed by atoms with Crippen LogP contribution in [0.25, 0.3) is 15.9 Å². The third-order valence-electron chi connectivity index (χ3n) is 3.75. The summed E-state index contributed by atoms with van der Waals surface area (Å²) in [6.45, 7) is 0. The van der Waals surface area contributed by atoms with E-state index in [2.05, 4.69) is 15.3 Å². The van der Waals surface area contributed by atoms with Gasteiger partial charge >= 0.3 is 0 Å². The van der Waals surface area contributed by atoms with Crippen molar-refractivity contribution < 1.29 is 4.79 Å². The smallest absolute Gasteiger partial charge is 0.258 e. The Kier molecular flexibility index (Phi) is 4.68. The minimum Gasteiger partial charge on any atom is -0.323 e. The highest BCUT2D eigenvalue weighted by molar-refractivity contribution is 7.99. The van der Waals surface area contributed by atoms with Gasteiger partial charge in [-0.1, -0.05) is 18.2 Å². The first-order valence-corrected chi connectivity index (χ1v) is 9.91. The van der Waals surface area contributed by atoms with E-state index in [0.29, 0.717) is 22.1 Å². The third-order valence-corrected chi connectivity index (χ3v) is 5.47. The van der Waals surface area contributed by atoms with E-state index in [1.807, 2.05) is 35.7 Å². The van der Waals surface area contributed by atoms with Gasteiger partial charge in [0.05, 0.1) is 22.7 Å². The number of aromatic nitrogens is 3. The molecule has 0 fully saturated rings. The Morgan fingerprint density at radius 1 is 1.27 bits per heavy atom. The number of anilines is 1. The highest BCUT2D eigenvalue weighted by Gasteiger charge is 2.08. The molecule has 3 aromatic heterocycles. The average molecular weight is 382 g/mol. The van der Waals surface area contributed by atoms with Crippen molar-refractivity contribution in [2.24, 2.45) is 0 Å². The molecule has 0 aliphatic carbocycles. The van der Waals surface area contributed by atoms with Crippen LogP contribution < -0.4 is 10.9 Å². The zero-order valence-corrected chi connectivity index (χ0v) is 15.2. The molecule has 6 nitrogen and oxygen atoms in total. The molecule has 0 atom stereocenters. The van der Waals surface area contributed by atoms with Crippen LogP contribution in [0.2, 0.25) is 0 Å². The van der Waals surface area contributed by atoms with Gasteiger partial charge < -0.3 is 5.32 Å². The number of thioether (sulfide) groups is 1. The number of benzene rings is 1. The third kappa shape index (κ3) is 3.47. The molecular formula is C18H14N4O2S2. The molecule has 4 rings (SSSR count). The standard InChI is InChI=1S/C18H14N4O2S2/c23-15(21-14-5-1-3-12-4-2-6-19-17(12)14)11-25-10-13-9-16(24)22-7-8-26-18(22)20-13/h1-9H,10-11H2,(H,21,23). The molecule has 0 radical (unpaired) electrons. The van der Waals surface area contributed by atoms with Crippen LogP contribution in [0.3, 0.4) is 0 Å². The summed E-state index contributed by atoms with van der Waals surface area (Å²) in [7, 11) is 0. The van der Waals surface area contributed by atoms with Gasteiger partial charge in [0.1, 0.15) is 0 Å². The number of pyridine rings is 1. The molecule has 0 unspecified atom stereocenters. The molecule has 0 aliphatic rings. The SMILES string of the molecule is O=C(CSCc1cc(=O)n2ccsc2n1)Nc1cccc2cccnc12. The van der Waals surface area contributed by atoms with Gasteiger partial charge in [0.15, 0.2) is 4.96 Å². The maximum absolute atomic E-state index is 12.2. The van der Waals surface area contributed by atoms with E-state index in [4.69, 9.17) is 0 Å². The molecule has 0 saturated heterocycles. The number of nitrogens with zero attached hydrogens (tertiary/aromatic N) is 3. The first-order chi connectivity index (χ1) is 12.7. The van der Waals surface area contributed by atoms with Crippen LogP contribution in [0.1, 0.15) is 5.69 Å². The topological polar surface area (TPSA) is 76.4 Å². The lowest BCUT2D eigenvalue weighted by Crippen LogP contribution is -2.15. The Morgan fingerprint density at radius 3 is 3.08 bits per heavy atom. The van der Waals surface area contributed by atoms with Crippen LogP contribution in [0.4, 0.5) is 5.69 Å². The number of nitrogens with one attached hydrogen (secondary N) is 1. The second kappa shape index (κ2) is 7.27. The maximum atomic E-state index is 12.2. The second-order valence-corrected chi connectivity index (χ2v) is 7.42. The molecule has 26 heavy (non-hydrogen) atoms. The predicted octanol–water partition coefficient (Wildman–Crippen LogP) is 3.18. The Labute approximate surface area is 156 Å². The second-order valence-electron chi connectivity index (χ2n) is 5.56. The van der Waals surface area contributed by atoms with Gasteiger partial charge in [-0.2, -0.15) is 0 Å². The Morgan fingerprint density at radius 2 is 2.15 bits per heavy atom. The van der Waals surface area contributed by atoms with E-state index in [9.17, 15) is 9.59 Å². The summed E-state index contributed by atoms with van der Waals surface area (Å²) in [5.74, 6) is 0.668. The monoisotopic (exact) mass is 382 g/mol. The molecule has 0 saturated carbocycles. The van der Waals surface area contributed by atoms with Crippen LogP contribution in [0.5, 0.6) is 0 Å². The molecule has 0 bridgehead atoms. The molecule has 130 valence electrons. The van der Waals surface area contributed by atoms with Crippen LogP contribution in [-0.4, -0.2) is 26.0 Å². The summed E-state index contributed by atoms with van der Waals surface area (Å²) in [6.07, 6.45) is 3.41. The first kappa shape index (κ1) is 16.7. The van der Waals surface area contributed by atoms with Gasteiger partial charge in [-0.25, -0.2) is 4.98 Å². The fourth-order valence-electron chi connectivity index (χ4n) is 2.60. The molecule has 1 N–H and O–H groups in total. The minimum atomic E-state index is -0.109. The number of thiazole rings is 1. The van der Waals surface area contributed by atoms with E-state index in [-0.39, 0.29) is 17.2 Å². The van der Waals surface area contributed by atoms with Crippen molar-refractivity contribution in [2.75, 3.05) is 11.1 Å². The van der Waals surface area contributed by atoms with Crippen LogP contribution in [0.15, 0.2) is 59.0 Å². The van der Waals surface area contributed by atoms with E-state index < -0.39 is 0 Å². The van der Waals surface area contributed by atoms with Gasteiger partial charge in [-0.15, -0.1) is 23.1 Å². The molecule has 1 amide bonds. The van der Waals surface area contributed by atoms with Crippen molar-refractivity contribution in [3.63, 3.8) is 0 Å². The number of carbonyl (C=O) groups is 1. The van der Waals surface area contributed by atoms with Gasteiger partial charge in [0, 0.05) is 35.0 Å².